The molecule has 4 heterocycles. The number of nitrogens with one attached hydrogen (secondary N) is 1. The molecule has 4 aliphatic rings. The Kier molecular flexibility index (Phi) is 6.37. The van der Waals surface area contributed by atoms with Crippen molar-refractivity contribution in [3.8, 4) is 0 Å². The van der Waals surface area contributed by atoms with Crippen LogP contribution >= 0.6 is 11.8 Å². The average molecular weight is 468 g/mol. The van der Waals surface area contributed by atoms with E-state index in [2.05, 4.69) is 5.32 Å². The highest BCUT2D eigenvalue weighted by atomic mass is 32.2. The van der Waals surface area contributed by atoms with Gasteiger partial charge in [-0.05, 0) is 25.7 Å². The molecule has 3 saturated heterocycles. The first-order valence-electron chi connectivity index (χ1n) is 11.2. The van der Waals surface area contributed by atoms with Crippen LogP contribution in [0.2, 0.25) is 0 Å². The third-order valence-electron chi connectivity index (χ3n) is 7.14. The lowest BCUT2D eigenvalue weighted by Gasteiger charge is -2.47. The Morgan fingerprint density at radius 2 is 2.06 bits per heavy atom. The van der Waals surface area contributed by atoms with Gasteiger partial charge in [0.2, 0.25) is 11.8 Å². The van der Waals surface area contributed by atoms with Crippen molar-refractivity contribution in [2.45, 2.75) is 63.5 Å². The number of carbonyl (C=O) groups excluding carboxylic acids is 3. The second-order valence-electron chi connectivity index (χ2n) is 9.52. The topological polar surface area (TPSA) is 107 Å². The van der Waals surface area contributed by atoms with Crippen LogP contribution in [0.1, 0.15) is 40.0 Å². The molecule has 8 nitrogen and oxygen atoms in total. The molecule has 4 aliphatic heterocycles. The monoisotopic (exact) mass is 467 g/mol. The lowest BCUT2D eigenvalue weighted by molar-refractivity contribution is -0.160. The van der Waals surface area contributed by atoms with Gasteiger partial charge in [0, 0.05) is 35.6 Å². The summed E-state index contributed by atoms with van der Waals surface area (Å²) >= 11 is 1.43. The third-order valence-corrected chi connectivity index (χ3v) is 8.65. The summed E-state index contributed by atoms with van der Waals surface area (Å²) in [5.41, 5.74) is 0.0402. The van der Waals surface area contributed by atoms with Crippen molar-refractivity contribution >= 4 is 35.3 Å². The first-order valence-corrected chi connectivity index (χ1v) is 12.1. The normalized spacial score (nSPS) is 35.2. The quantitative estimate of drug-likeness (QED) is 0.545. The highest BCUT2D eigenvalue weighted by Crippen LogP contribution is 2.53. The molecule has 0 saturated carbocycles. The summed E-state index contributed by atoms with van der Waals surface area (Å²) in [4.78, 5) is 52.8. The maximum atomic E-state index is 13.5. The molecule has 0 bridgehead atoms. The van der Waals surface area contributed by atoms with E-state index in [0.29, 0.717) is 37.3 Å². The van der Waals surface area contributed by atoms with Crippen molar-refractivity contribution in [2.24, 2.45) is 17.8 Å². The summed E-state index contributed by atoms with van der Waals surface area (Å²) in [5.74, 6) is -2.09. The second-order valence-corrected chi connectivity index (χ2v) is 10.9. The minimum atomic E-state index is -1.13. The zero-order valence-electron chi connectivity index (χ0n) is 18.5. The van der Waals surface area contributed by atoms with Crippen LogP contribution in [0.25, 0.3) is 0 Å². The highest BCUT2D eigenvalue weighted by molar-refractivity contribution is 8.03. The smallest absolute Gasteiger partial charge is 0.353 e. The molecule has 32 heavy (non-hydrogen) atoms. The lowest BCUT2D eigenvalue weighted by Crippen LogP contribution is -2.62. The van der Waals surface area contributed by atoms with E-state index in [0.717, 1.165) is 0 Å². The molecule has 0 radical (unpaired) electrons. The van der Waals surface area contributed by atoms with E-state index in [1.165, 1.54) is 23.6 Å². The highest BCUT2D eigenvalue weighted by Gasteiger charge is 2.60. The standard InChI is InChI=1S/C22H30FN3O5S/c1-10(6-11(2)27)16-17-12(3)19(18(22(30)31)26(17)21(16)29)32-14-7-15(24-8-14)20(28)25-5-4-13(23)9-25/h10,12-17,24H,4-9H2,1-3H3,(H,30,31)/t10-,12+,13-,14-,15-,16+,17?/m0/s1. The van der Waals surface area contributed by atoms with E-state index in [-0.39, 0.29) is 58.9 Å². The lowest BCUT2D eigenvalue weighted by atomic mass is 9.73. The second kappa shape index (κ2) is 8.78. The number of halogens is 1. The summed E-state index contributed by atoms with van der Waals surface area (Å²) in [6, 6.07) is -0.645. The number of fused-ring (bicyclic) bond motifs is 1. The molecule has 10 heteroatoms. The van der Waals surface area contributed by atoms with Gasteiger partial charge in [-0.3, -0.25) is 9.59 Å². The minimum Gasteiger partial charge on any atom is -0.477 e. The predicted octanol–water partition coefficient (Wildman–Crippen LogP) is 1.41. The Balaban J connectivity index is 1.45. The largest absolute Gasteiger partial charge is 0.477 e. The van der Waals surface area contributed by atoms with Crippen LogP contribution in [0.4, 0.5) is 4.39 Å². The number of carboxylic acid groups (broad SMARTS) is 1. The Morgan fingerprint density at radius 3 is 2.66 bits per heavy atom. The van der Waals surface area contributed by atoms with Crippen molar-refractivity contribution < 1.29 is 28.7 Å². The molecule has 0 aromatic heterocycles. The minimum absolute atomic E-state index is 0.0126. The third kappa shape index (κ3) is 3.96. The fourth-order valence-electron chi connectivity index (χ4n) is 5.65. The molecule has 2 N–H and O–H groups in total. The number of Topliss-reactive ketones (excluding diaryl/α,β-unsaturated/α-hetero) is 1. The maximum absolute atomic E-state index is 13.5. The molecule has 3 fully saturated rings. The fraction of sp³-hybridized carbons (Fsp3) is 0.727. The Labute approximate surface area is 190 Å². The van der Waals surface area contributed by atoms with Gasteiger partial charge in [0.15, 0.2) is 0 Å². The molecular weight excluding hydrogens is 437 g/mol. The number of β-lactam (4-membered cyclic amide) rings is 1. The number of carbonyl (C=O) groups is 4. The summed E-state index contributed by atoms with van der Waals surface area (Å²) in [6.45, 7) is 6.42. The first kappa shape index (κ1) is 23.2. The van der Waals surface area contributed by atoms with Gasteiger partial charge in [-0.15, -0.1) is 11.8 Å². The van der Waals surface area contributed by atoms with Crippen molar-refractivity contribution in [1.82, 2.24) is 15.1 Å². The van der Waals surface area contributed by atoms with Crippen LogP contribution in [-0.4, -0.2) is 81.6 Å². The van der Waals surface area contributed by atoms with E-state index in [9.17, 15) is 28.7 Å². The molecule has 176 valence electrons. The summed E-state index contributed by atoms with van der Waals surface area (Å²) in [5, 5.41) is 13.1. The fourth-order valence-corrected chi connectivity index (χ4v) is 7.12. The zero-order valence-corrected chi connectivity index (χ0v) is 19.4. The van der Waals surface area contributed by atoms with Gasteiger partial charge in [0.25, 0.3) is 0 Å². The van der Waals surface area contributed by atoms with Crippen LogP contribution in [0.5, 0.6) is 0 Å². The Hall–Kier alpha value is -1.94. The molecule has 4 rings (SSSR count). The molecule has 2 amide bonds. The number of rotatable bonds is 7. The summed E-state index contributed by atoms with van der Waals surface area (Å²) in [6.07, 6.45) is 0.235. The molecule has 1 unspecified atom stereocenters. The van der Waals surface area contributed by atoms with Gasteiger partial charge in [0.05, 0.1) is 24.5 Å². The van der Waals surface area contributed by atoms with Gasteiger partial charge in [-0.2, -0.15) is 0 Å². The number of likely N-dealkylation sites (tertiary alicyclic amines) is 1. The predicted molar refractivity (Wildman–Crippen MR) is 116 cm³/mol. The van der Waals surface area contributed by atoms with Gasteiger partial charge >= 0.3 is 5.97 Å². The Morgan fingerprint density at radius 1 is 1.34 bits per heavy atom. The molecular formula is C22H30FN3O5S. The van der Waals surface area contributed by atoms with Crippen LogP contribution in [0.3, 0.4) is 0 Å². The van der Waals surface area contributed by atoms with Crippen molar-refractivity contribution in [2.75, 3.05) is 19.6 Å². The number of hydrogen-bond acceptors (Lipinski definition) is 6. The van der Waals surface area contributed by atoms with Crippen molar-refractivity contribution in [3.05, 3.63) is 10.6 Å². The number of nitrogens with zero attached hydrogens (tertiary/aromatic N) is 2. The number of thioether (sulfide) groups is 1. The number of carboxylic acids is 1. The molecule has 0 spiro atoms. The number of ketones is 1. The van der Waals surface area contributed by atoms with Gasteiger partial charge in [-0.25, -0.2) is 9.18 Å². The molecule has 0 aliphatic carbocycles. The van der Waals surface area contributed by atoms with E-state index in [1.807, 2.05) is 13.8 Å². The number of hydrogen-bond donors (Lipinski definition) is 2. The number of alkyl halides is 1. The number of aliphatic carboxylic acids is 1. The van der Waals surface area contributed by atoms with Crippen LogP contribution in [-0.2, 0) is 19.2 Å². The van der Waals surface area contributed by atoms with E-state index in [1.54, 1.807) is 4.90 Å². The van der Waals surface area contributed by atoms with Crippen molar-refractivity contribution in [3.63, 3.8) is 0 Å². The molecule has 0 aromatic carbocycles. The van der Waals surface area contributed by atoms with Gasteiger partial charge in [0.1, 0.15) is 17.7 Å². The van der Waals surface area contributed by atoms with Crippen molar-refractivity contribution in [1.29, 1.82) is 0 Å². The van der Waals surface area contributed by atoms with E-state index in [4.69, 9.17) is 0 Å². The Bertz CT molecular complexity index is 880. The van der Waals surface area contributed by atoms with Crippen LogP contribution < -0.4 is 5.32 Å². The zero-order chi connectivity index (χ0) is 23.3. The van der Waals surface area contributed by atoms with Gasteiger partial charge in [-0.1, -0.05) is 13.8 Å². The van der Waals surface area contributed by atoms with Crippen LogP contribution in [0, 0.1) is 17.8 Å². The SMILES string of the molecule is CC(=O)C[C@H](C)[C@H]1C(=O)N2C(C(=O)O)=C(S[C@@H]3CN[C@H](C(=O)N4CC[C@H](F)C4)C3)[C@H](C)C12. The van der Waals surface area contributed by atoms with E-state index < -0.39 is 18.2 Å². The molecule has 7 atom stereocenters. The molecule has 0 aromatic rings. The van der Waals surface area contributed by atoms with Crippen LogP contribution in [0.15, 0.2) is 10.6 Å². The maximum Gasteiger partial charge on any atom is 0.353 e. The van der Waals surface area contributed by atoms with E-state index >= 15 is 0 Å². The summed E-state index contributed by atoms with van der Waals surface area (Å²) < 4.78 is 13.5. The first-order chi connectivity index (χ1) is 15.1. The number of amides is 2. The summed E-state index contributed by atoms with van der Waals surface area (Å²) in [7, 11) is 0. The average Bonchev–Trinajstić information content (AvgIpc) is 3.40. The van der Waals surface area contributed by atoms with Gasteiger partial charge < -0.3 is 25.0 Å².